The summed E-state index contributed by atoms with van der Waals surface area (Å²) < 4.78 is 0. The summed E-state index contributed by atoms with van der Waals surface area (Å²) in [7, 11) is 0. The molecule has 0 saturated carbocycles. The van der Waals surface area contributed by atoms with Gasteiger partial charge in [-0.15, -0.1) is 0 Å². The zero-order valence-corrected chi connectivity index (χ0v) is 10.7. The lowest BCUT2D eigenvalue weighted by atomic mass is 10.0. The van der Waals surface area contributed by atoms with Gasteiger partial charge >= 0.3 is 0 Å². The highest BCUT2D eigenvalue weighted by atomic mass is 16.1. The van der Waals surface area contributed by atoms with Gasteiger partial charge in [0.2, 0.25) is 0 Å². The molecule has 1 heterocycles. The normalized spacial score (nSPS) is 18.0. The summed E-state index contributed by atoms with van der Waals surface area (Å²) in [6.07, 6.45) is 1.01. The largest absolute Gasteiger partial charge is 0.382 e. The second-order valence-corrected chi connectivity index (χ2v) is 5.08. The molecule has 2 N–H and O–H groups in total. The van der Waals surface area contributed by atoms with Crippen LogP contribution in [0.15, 0.2) is 18.2 Å². The Morgan fingerprint density at radius 1 is 1.53 bits per heavy atom. The first kappa shape index (κ1) is 12.1. The van der Waals surface area contributed by atoms with Gasteiger partial charge in [-0.25, -0.2) is 0 Å². The van der Waals surface area contributed by atoms with Gasteiger partial charge in [-0.2, -0.15) is 0 Å². The molecule has 1 atom stereocenters. The highest BCUT2D eigenvalue weighted by Crippen LogP contribution is 2.26. The average Bonchev–Trinajstić information content (AvgIpc) is 2.64. The summed E-state index contributed by atoms with van der Waals surface area (Å²) >= 11 is 0. The fourth-order valence-electron chi connectivity index (χ4n) is 2.12. The van der Waals surface area contributed by atoms with Crippen LogP contribution in [0.1, 0.15) is 36.7 Å². The van der Waals surface area contributed by atoms with E-state index in [1.807, 2.05) is 32.0 Å². The first-order valence-corrected chi connectivity index (χ1v) is 6.22. The van der Waals surface area contributed by atoms with Crippen molar-refractivity contribution in [2.45, 2.75) is 39.3 Å². The van der Waals surface area contributed by atoms with E-state index in [-0.39, 0.29) is 5.78 Å². The summed E-state index contributed by atoms with van der Waals surface area (Å²) in [5.41, 5.74) is 3.24. The smallest absolute Gasteiger partial charge is 0.176 e. The van der Waals surface area contributed by atoms with E-state index >= 15 is 0 Å². The van der Waals surface area contributed by atoms with Crippen LogP contribution in [0.5, 0.6) is 0 Å². The predicted molar refractivity (Wildman–Crippen MR) is 70.7 cm³/mol. The van der Waals surface area contributed by atoms with Crippen molar-refractivity contribution in [1.82, 2.24) is 5.32 Å². The molecular weight excluding hydrogens is 212 g/mol. The van der Waals surface area contributed by atoms with Gasteiger partial charge in [-0.3, -0.25) is 4.79 Å². The van der Waals surface area contributed by atoms with Crippen molar-refractivity contribution >= 4 is 11.5 Å². The van der Waals surface area contributed by atoms with Gasteiger partial charge in [0.1, 0.15) is 0 Å². The molecule has 1 aromatic rings. The van der Waals surface area contributed by atoms with Crippen LogP contribution >= 0.6 is 0 Å². The predicted octanol–water partition coefficient (Wildman–Crippen LogP) is 2.22. The maximum Gasteiger partial charge on any atom is 0.176 e. The molecule has 0 bridgehead atoms. The number of nitrogens with one attached hydrogen (secondary N) is 2. The molecule has 0 saturated heterocycles. The Morgan fingerprint density at radius 3 is 3.00 bits per heavy atom. The maximum atomic E-state index is 11.9. The lowest BCUT2D eigenvalue weighted by molar-refractivity contribution is 0.0988. The second kappa shape index (κ2) is 4.88. The van der Waals surface area contributed by atoms with E-state index < -0.39 is 0 Å². The summed E-state index contributed by atoms with van der Waals surface area (Å²) in [5.74, 6) is 0.168. The monoisotopic (exact) mass is 232 g/mol. The van der Waals surface area contributed by atoms with Crippen LogP contribution in [0.3, 0.4) is 0 Å². The molecular formula is C14H20N2O. The highest BCUT2D eigenvalue weighted by molar-refractivity contribution is 5.98. The third-order valence-electron chi connectivity index (χ3n) is 3.03. The SMILES string of the molecule is CC(C)NCC(=O)c1ccc2c(c1)CC(C)N2. The Bertz CT molecular complexity index is 426. The van der Waals surface area contributed by atoms with Gasteiger partial charge in [-0.1, -0.05) is 13.8 Å². The Hall–Kier alpha value is -1.35. The van der Waals surface area contributed by atoms with Crippen LogP contribution in [-0.4, -0.2) is 24.4 Å². The van der Waals surface area contributed by atoms with Crippen molar-refractivity contribution in [2.24, 2.45) is 0 Å². The summed E-state index contributed by atoms with van der Waals surface area (Å²) in [6, 6.07) is 6.77. The molecule has 0 amide bonds. The summed E-state index contributed by atoms with van der Waals surface area (Å²) in [6.45, 7) is 6.66. The Labute approximate surface area is 103 Å². The number of ketones is 1. The van der Waals surface area contributed by atoms with Crippen molar-refractivity contribution in [3.63, 3.8) is 0 Å². The van der Waals surface area contributed by atoms with Crippen molar-refractivity contribution in [3.05, 3.63) is 29.3 Å². The van der Waals surface area contributed by atoms with E-state index in [4.69, 9.17) is 0 Å². The molecule has 92 valence electrons. The van der Waals surface area contributed by atoms with Gasteiger partial charge in [0.15, 0.2) is 5.78 Å². The molecule has 2 rings (SSSR count). The first-order chi connectivity index (χ1) is 8.06. The number of hydrogen-bond acceptors (Lipinski definition) is 3. The summed E-state index contributed by atoms with van der Waals surface area (Å²) in [5, 5.41) is 6.54. The number of carbonyl (C=O) groups is 1. The average molecular weight is 232 g/mol. The third kappa shape index (κ3) is 2.86. The standard InChI is InChI=1S/C14H20N2O/c1-9(2)15-8-14(17)11-4-5-13-12(7-11)6-10(3)16-13/h4-5,7,9-10,15-16H,6,8H2,1-3H3. The molecule has 17 heavy (non-hydrogen) atoms. The van der Waals surface area contributed by atoms with E-state index in [9.17, 15) is 4.79 Å². The fourth-order valence-corrected chi connectivity index (χ4v) is 2.12. The van der Waals surface area contributed by atoms with Crippen molar-refractivity contribution < 1.29 is 4.79 Å². The maximum absolute atomic E-state index is 11.9. The highest BCUT2D eigenvalue weighted by Gasteiger charge is 2.18. The van der Waals surface area contributed by atoms with Gasteiger partial charge in [0.05, 0.1) is 6.54 Å². The van der Waals surface area contributed by atoms with Gasteiger partial charge in [0, 0.05) is 23.3 Å². The number of rotatable bonds is 4. The minimum atomic E-state index is 0.168. The van der Waals surface area contributed by atoms with E-state index in [2.05, 4.69) is 17.6 Å². The molecule has 0 aromatic heterocycles. The zero-order valence-electron chi connectivity index (χ0n) is 10.7. The molecule has 1 aliphatic rings. The zero-order chi connectivity index (χ0) is 12.4. The third-order valence-corrected chi connectivity index (χ3v) is 3.03. The van der Waals surface area contributed by atoms with Crippen molar-refractivity contribution in [2.75, 3.05) is 11.9 Å². The molecule has 0 spiro atoms. The molecule has 0 aliphatic carbocycles. The molecule has 1 aliphatic heterocycles. The summed E-state index contributed by atoms with van der Waals surface area (Å²) in [4.78, 5) is 11.9. The lowest BCUT2D eigenvalue weighted by Crippen LogP contribution is -2.29. The van der Waals surface area contributed by atoms with E-state index in [1.54, 1.807) is 0 Å². The van der Waals surface area contributed by atoms with Crippen LogP contribution in [0, 0.1) is 0 Å². The molecule has 1 unspecified atom stereocenters. The topological polar surface area (TPSA) is 41.1 Å². The number of fused-ring (bicyclic) bond motifs is 1. The van der Waals surface area contributed by atoms with Crippen LogP contribution < -0.4 is 10.6 Å². The quantitative estimate of drug-likeness (QED) is 0.782. The van der Waals surface area contributed by atoms with Crippen LogP contribution in [0.25, 0.3) is 0 Å². The first-order valence-electron chi connectivity index (χ1n) is 6.22. The fraction of sp³-hybridized carbons (Fsp3) is 0.500. The number of Topliss-reactive ketones (excluding diaryl/α,β-unsaturated/α-hetero) is 1. The molecule has 1 aromatic carbocycles. The number of benzene rings is 1. The lowest BCUT2D eigenvalue weighted by Gasteiger charge is -2.08. The van der Waals surface area contributed by atoms with Crippen LogP contribution in [-0.2, 0) is 6.42 Å². The van der Waals surface area contributed by atoms with Gasteiger partial charge < -0.3 is 10.6 Å². The van der Waals surface area contributed by atoms with Crippen molar-refractivity contribution in [1.29, 1.82) is 0 Å². The minimum absolute atomic E-state index is 0.168. The number of hydrogen-bond donors (Lipinski definition) is 2. The molecule has 3 heteroatoms. The Kier molecular flexibility index (Phi) is 3.48. The van der Waals surface area contributed by atoms with Crippen molar-refractivity contribution in [3.8, 4) is 0 Å². The Morgan fingerprint density at radius 2 is 2.29 bits per heavy atom. The van der Waals surface area contributed by atoms with Crippen LogP contribution in [0.4, 0.5) is 5.69 Å². The van der Waals surface area contributed by atoms with E-state index in [0.717, 1.165) is 12.0 Å². The number of anilines is 1. The molecule has 0 fully saturated rings. The minimum Gasteiger partial charge on any atom is -0.382 e. The van der Waals surface area contributed by atoms with Crippen LogP contribution in [0.2, 0.25) is 0 Å². The van der Waals surface area contributed by atoms with Gasteiger partial charge in [-0.05, 0) is 37.1 Å². The number of carbonyl (C=O) groups excluding carboxylic acids is 1. The van der Waals surface area contributed by atoms with Gasteiger partial charge in [0.25, 0.3) is 0 Å². The molecule has 0 radical (unpaired) electrons. The molecule has 3 nitrogen and oxygen atoms in total. The van der Waals surface area contributed by atoms with E-state index in [1.165, 1.54) is 11.3 Å². The second-order valence-electron chi connectivity index (χ2n) is 5.08. The van der Waals surface area contributed by atoms with E-state index in [0.29, 0.717) is 18.6 Å². The Balaban J connectivity index is 2.08.